The van der Waals surface area contributed by atoms with Gasteiger partial charge in [-0.05, 0) is 97.7 Å². The molecule has 1 heterocycles. The summed E-state index contributed by atoms with van der Waals surface area (Å²) >= 11 is 0. The summed E-state index contributed by atoms with van der Waals surface area (Å²) in [7, 11) is -2.09. The van der Waals surface area contributed by atoms with E-state index in [-0.39, 0.29) is 22.5 Å². The lowest BCUT2D eigenvalue weighted by Crippen LogP contribution is -2.44. The van der Waals surface area contributed by atoms with Crippen LogP contribution in [0.3, 0.4) is 0 Å². The summed E-state index contributed by atoms with van der Waals surface area (Å²) in [6, 6.07) is 10.3. The number of nitriles is 1. The van der Waals surface area contributed by atoms with Gasteiger partial charge in [0.15, 0.2) is 8.32 Å². The molecule has 0 amide bonds. The maximum Gasteiger partial charge on any atom is 0.192 e. The van der Waals surface area contributed by atoms with Crippen LogP contribution in [0.2, 0.25) is 18.1 Å². The van der Waals surface area contributed by atoms with E-state index in [9.17, 15) is 10.4 Å². The van der Waals surface area contributed by atoms with Crippen LogP contribution < -0.4 is 0 Å². The smallest absolute Gasteiger partial charge is 0.192 e. The van der Waals surface area contributed by atoms with Gasteiger partial charge in [0, 0.05) is 22.5 Å². The van der Waals surface area contributed by atoms with E-state index >= 15 is 0 Å². The minimum Gasteiger partial charge on any atom is -0.410 e. The van der Waals surface area contributed by atoms with Crippen molar-refractivity contribution in [2.45, 2.75) is 136 Å². The van der Waals surface area contributed by atoms with Crippen molar-refractivity contribution in [2.75, 3.05) is 0 Å². The van der Waals surface area contributed by atoms with Crippen LogP contribution >= 0.6 is 0 Å². The number of aliphatic hydroxyl groups is 1. The zero-order chi connectivity index (χ0) is 30.5. The number of hydrogen-bond acceptors (Lipinski definition) is 4. The summed E-state index contributed by atoms with van der Waals surface area (Å²) in [4.78, 5) is 5.40. The minimum atomic E-state index is -2.09. The van der Waals surface area contributed by atoms with Gasteiger partial charge in [0.1, 0.15) is 6.10 Å². The molecule has 1 unspecified atom stereocenters. The summed E-state index contributed by atoms with van der Waals surface area (Å²) in [6.45, 7) is 24.5. The van der Waals surface area contributed by atoms with Crippen molar-refractivity contribution < 1.29 is 9.53 Å². The first-order chi connectivity index (χ1) is 18.9. The molecule has 4 nitrogen and oxygen atoms in total. The first-order valence-electron chi connectivity index (χ1n) is 15.5. The lowest BCUT2D eigenvalue weighted by molar-refractivity contribution is 0.105. The second-order valence-electron chi connectivity index (χ2n) is 15.6. The van der Waals surface area contributed by atoms with Gasteiger partial charge < -0.3 is 9.53 Å². The Morgan fingerprint density at radius 3 is 2.24 bits per heavy atom. The number of nitrogens with zero attached hydrogens (tertiary/aromatic N) is 2. The van der Waals surface area contributed by atoms with E-state index in [2.05, 4.69) is 73.7 Å². The number of rotatable bonds is 7. The fraction of sp³-hybridized carbons (Fsp3) is 0.611. The molecule has 2 aliphatic carbocycles. The molecule has 5 heteroatoms. The Morgan fingerprint density at radius 1 is 1.10 bits per heavy atom. The van der Waals surface area contributed by atoms with Crippen molar-refractivity contribution >= 4 is 13.9 Å². The third kappa shape index (κ3) is 6.26. The molecule has 222 valence electrons. The van der Waals surface area contributed by atoms with Crippen LogP contribution in [0.5, 0.6) is 0 Å². The van der Waals surface area contributed by atoms with Gasteiger partial charge >= 0.3 is 0 Å². The van der Waals surface area contributed by atoms with Crippen molar-refractivity contribution in [3.63, 3.8) is 0 Å². The van der Waals surface area contributed by atoms with Gasteiger partial charge in [-0.1, -0.05) is 78.8 Å². The SMILES string of the molecule is CC(C)c1nc2c(c(C3=CCCC3)c1C(O)c1ccc(C(C)(C)C#N)cc1)[C@H](O[Si](C)(C)C(C)(C)C)CC(C)(C)C2. The van der Waals surface area contributed by atoms with Crippen molar-refractivity contribution in [2.24, 2.45) is 5.41 Å². The number of aromatic nitrogens is 1. The number of pyridine rings is 1. The molecule has 0 fully saturated rings. The van der Waals surface area contributed by atoms with E-state index in [4.69, 9.17) is 9.41 Å². The molecule has 41 heavy (non-hydrogen) atoms. The van der Waals surface area contributed by atoms with Crippen molar-refractivity contribution in [1.82, 2.24) is 4.98 Å². The fourth-order valence-electron chi connectivity index (χ4n) is 6.20. The van der Waals surface area contributed by atoms with Crippen LogP contribution in [-0.2, 0) is 16.3 Å². The molecular formula is C36H52N2O2Si. The van der Waals surface area contributed by atoms with E-state index < -0.39 is 19.8 Å². The maximum atomic E-state index is 12.2. The van der Waals surface area contributed by atoms with Crippen LogP contribution in [-0.4, -0.2) is 18.4 Å². The largest absolute Gasteiger partial charge is 0.410 e. The highest BCUT2D eigenvalue weighted by atomic mass is 28.4. The van der Waals surface area contributed by atoms with Gasteiger partial charge in [0.05, 0.1) is 17.6 Å². The molecule has 2 aromatic rings. The van der Waals surface area contributed by atoms with Gasteiger partial charge in [-0.15, -0.1) is 0 Å². The molecule has 0 aliphatic heterocycles. The molecular weight excluding hydrogens is 520 g/mol. The standard InChI is InChI=1S/C36H52N2O2Si/c1-23(2)32-31(33(39)25-16-18-26(19-17-25)36(8,9)22-37)29(24-14-12-13-15-24)30-27(38-32)20-35(6,7)21-28(30)40-41(10,11)34(3,4)5/h14,16-19,23,28,33,39H,12-13,15,20-21H2,1-11H3/t28-,33?/m1/s1. The van der Waals surface area contributed by atoms with E-state index in [1.807, 2.05) is 38.1 Å². The maximum absolute atomic E-state index is 12.2. The topological polar surface area (TPSA) is 66.1 Å². The lowest BCUT2D eigenvalue weighted by atomic mass is 9.71. The Morgan fingerprint density at radius 2 is 1.73 bits per heavy atom. The van der Waals surface area contributed by atoms with Crippen molar-refractivity contribution in [3.05, 3.63) is 69.5 Å². The average Bonchev–Trinajstić information content (AvgIpc) is 3.40. The van der Waals surface area contributed by atoms with Crippen LogP contribution in [0, 0.1) is 16.7 Å². The fourth-order valence-corrected chi connectivity index (χ4v) is 7.47. The van der Waals surface area contributed by atoms with E-state index in [0.29, 0.717) is 0 Å². The number of aliphatic hydroxyl groups excluding tert-OH is 1. The van der Waals surface area contributed by atoms with Crippen LogP contribution in [0.1, 0.15) is 145 Å². The first-order valence-corrected chi connectivity index (χ1v) is 18.4. The molecule has 2 aliphatic rings. The third-order valence-corrected chi connectivity index (χ3v) is 14.2. The summed E-state index contributed by atoms with van der Waals surface area (Å²) in [5.74, 6) is 0.160. The van der Waals surface area contributed by atoms with Crippen LogP contribution in [0.15, 0.2) is 30.3 Å². The predicted molar refractivity (Wildman–Crippen MR) is 172 cm³/mol. The van der Waals surface area contributed by atoms with Crippen molar-refractivity contribution in [1.29, 1.82) is 5.26 Å². The molecule has 0 radical (unpaired) electrons. The summed E-state index contributed by atoms with van der Waals surface area (Å²) < 4.78 is 7.27. The van der Waals surface area contributed by atoms with Gasteiger partial charge in [0.2, 0.25) is 0 Å². The highest BCUT2D eigenvalue weighted by Crippen LogP contribution is 2.52. The Bertz CT molecular complexity index is 1350. The average molecular weight is 573 g/mol. The second kappa shape index (κ2) is 11.1. The Labute approximate surface area is 250 Å². The van der Waals surface area contributed by atoms with Crippen molar-refractivity contribution in [3.8, 4) is 6.07 Å². The normalized spacial score (nSPS) is 20.0. The van der Waals surface area contributed by atoms with Gasteiger partial charge in [-0.25, -0.2) is 0 Å². The molecule has 0 saturated heterocycles. The van der Waals surface area contributed by atoms with Gasteiger partial charge in [0.25, 0.3) is 0 Å². The zero-order valence-corrected chi connectivity index (χ0v) is 28.4. The summed E-state index contributed by atoms with van der Waals surface area (Å²) in [5.41, 5.74) is 8.13. The molecule has 0 saturated carbocycles. The minimum absolute atomic E-state index is 0.0513. The highest BCUT2D eigenvalue weighted by Gasteiger charge is 2.45. The number of allylic oxidation sites excluding steroid dienone is 2. The van der Waals surface area contributed by atoms with E-state index in [1.54, 1.807) is 0 Å². The monoisotopic (exact) mass is 572 g/mol. The lowest BCUT2D eigenvalue weighted by Gasteiger charge is -2.45. The predicted octanol–water partition coefficient (Wildman–Crippen LogP) is 9.69. The second-order valence-corrected chi connectivity index (χ2v) is 20.4. The zero-order valence-electron chi connectivity index (χ0n) is 27.4. The molecule has 0 spiro atoms. The molecule has 4 rings (SSSR count). The number of benzene rings is 1. The molecule has 2 atom stereocenters. The Balaban J connectivity index is 1.98. The molecule has 1 N–H and O–H groups in total. The van der Waals surface area contributed by atoms with Crippen LogP contribution in [0.25, 0.3) is 5.57 Å². The van der Waals surface area contributed by atoms with E-state index in [1.165, 1.54) is 16.7 Å². The van der Waals surface area contributed by atoms with E-state index in [0.717, 1.165) is 60.2 Å². The number of hydrogen-bond donors (Lipinski definition) is 1. The molecule has 1 aromatic carbocycles. The summed E-state index contributed by atoms with van der Waals surface area (Å²) in [6.07, 6.45) is 6.59. The van der Waals surface area contributed by atoms with Gasteiger partial charge in [-0.2, -0.15) is 5.26 Å². The first kappa shape index (κ1) is 31.7. The summed E-state index contributed by atoms with van der Waals surface area (Å²) in [5, 5.41) is 21.9. The molecule has 0 bridgehead atoms. The highest BCUT2D eigenvalue weighted by molar-refractivity contribution is 6.74. The quantitative estimate of drug-likeness (QED) is 0.335. The molecule has 1 aromatic heterocycles. The Hall–Kier alpha value is -2.26. The number of fused-ring (bicyclic) bond motifs is 1. The van der Waals surface area contributed by atoms with Crippen LogP contribution in [0.4, 0.5) is 0 Å². The Kier molecular flexibility index (Phi) is 8.57. The third-order valence-electron chi connectivity index (χ3n) is 9.74. The van der Waals surface area contributed by atoms with Gasteiger partial charge in [-0.3, -0.25) is 4.98 Å².